The van der Waals surface area contributed by atoms with Gasteiger partial charge in [-0.1, -0.05) is 6.92 Å². The van der Waals surface area contributed by atoms with Crippen LogP contribution in [0.1, 0.15) is 28.6 Å². The smallest absolute Gasteiger partial charge is 0.197 e. The van der Waals surface area contributed by atoms with E-state index >= 15 is 0 Å². The van der Waals surface area contributed by atoms with Gasteiger partial charge in [-0.3, -0.25) is 4.79 Å². The van der Waals surface area contributed by atoms with Gasteiger partial charge in [-0.05, 0) is 62.2 Å². The molecule has 6 heteroatoms. The Bertz CT molecular complexity index is 927. The van der Waals surface area contributed by atoms with Crippen LogP contribution in [0.2, 0.25) is 0 Å². The molecule has 0 spiro atoms. The molecular formula is C18H14Br2O4. The monoisotopic (exact) mass is 452 g/mol. The lowest BCUT2D eigenvalue weighted by atomic mass is 9.99. The number of halogens is 2. The summed E-state index contributed by atoms with van der Waals surface area (Å²) in [5, 5.41) is 10.7. The minimum absolute atomic E-state index is 0.0438. The highest BCUT2D eigenvalue weighted by Gasteiger charge is 2.24. The van der Waals surface area contributed by atoms with Crippen LogP contribution >= 0.6 is 31.9 Å². The molecule has 4 nitrogen and oxygen atoms in total. The number of benzene rings is 2. The number of phenolic OH excluding ortho intramolecular Hbond substituents is 1. The van der Waals surface area contributed by atoms with E-state index in [1.54, 1.807) is 37.4 Å². The third-order valence-electron chi connectivity index (χ3n) is 3.82. The van der Waals surface area contributed by atoms with Crippen LogP contribution in [0.25, 0.3) is 11.0 Å². The number of rotatable bonds is 4. The van der Waals surface area contributed by atoms with Gasteiger partial charge in [0.25, 0.3) is 0 Å². The van der Waals surface area contributed by atoms with Crippen molar-refractivity contribution < 1.29 is 19.1 Å². The summed E-state index contributed by atoms with van der Waals surface area (Å²) in [5.41, 5.74) is 1.52. The van der Waals surface area contributed by atoms with Crippen molar-refractivity contribution in [1.82, 2.24) is 0 Å². The molecule has 1 N–H and O–H groups in total. The van der Waals surface area contributed by atoms with Crippen molar-refractivity contribution in [2.24, 2.45) is 0 Å². The summed E-state index contributed by atoms with van der Waals surface area (Å²) >= 11 is 6.64. The van der Waals surface area contributed by atoms with Crippen LogP contribution in [-0.4, -0.2) is 18.0 Å². The molecule has 0 saturated carbocycles. The summed E-state index contributed by atoms with van der Waals surface area (Å²) < 4.78 is 11.9. The highest BCUT2D eigenvalue weighted by Crippen LogP contribution is 2.42. The molecule has 124 valence electrons. The molecule has 1 aromatic heterocycles. The maximum absolute atomic E-state index is 13.0. The maximum atomic E-state index is 13.0. The largest absolute Gasteiger partial charge is 0.505 e. The summed E-state index contributed by atoms with van der Waals surface area (Å²) in [6.45, 7) is 1.92. The number of furan rings is 1. The second-order valence-corrected chi connectivity index (χ2v) is 6.86. The Morgan fingerprint density at radius 2 is 1.92 bits per heavy atom. The average Bonchev–Trinajstić information content (AvgIpc) is 2.97. The van der Waals surface area contributed by atoms with Gasteiger partial charge in [0.05, 0.1) is 17.1 Å². The normalized spacial score (nSPS) is 11.0. The fourth-order valence-corrected chi connectivity index (χ4v) is 3.79. The molecule has 0 amide bonds. The number of phenols is 1. The highest BCUT2D eigenvalue weighted by molar-refractivity contribution is 9.11. The second-order valence-electron chi connectivity index (χ2n) is 5.21. The van der Waals surface area contributed by atoms with Crippen LogP contribution in [-0.2, 0) is 6.42 Å². The molecule has 0 radical (unpaired) electrons. The van der Waals surface area contributed by atoms with E-state index in [2.05, 4.69) is 31.9 Å². The number of aromatic hydroxyl groups is 1. The fraction of sp³-hybridized carbons (Fsp3) is 0.167. The predicted octanol–water partition coefficient (Wildman–Crippen LogP) is 5.47. The Morgan fingerprint density at radius 3 is 2.50 bits per heavy atom. The molecule has 0 aliphatic heterocycles. The molecular weight excluding hydrogens is 440 g/mol. The first-order chi connectivity index (χ1) is 11.5. The number of fused-ring (bicyclic) bond motifs is 1. The van der Waals surface area contributed by atoms with Gasteiger partial charge in [-0.25, -0.2) is 0 Å². The van der Waals surface area contributed by atoms with E-state index in [0.29, 0.717) is 49.0 Å². The second kappa shape index (κ2) is 6.61. The third kappa shape index (κ3) is 2.74. The zero-order chi connectivity index (χ0) is 17.4. The van der Waals surface area contributed by atoms with E-state index in [1.165, 1.54) is 0 Å². The van der Waals surface area contributed by atoms with Crippen molar-refractivity contribution in [2.75, 3.05) is 7.11 Å². The molecule has 3 aromatic rings. The summed E-state index contributed by atoms with van der Waals surface area (Å²) in [7, 11) is 1.58. The lowest BCUT2D eigenvalue weighted by Crippen LogP contribution is -2.03. The quantitative estimate of drug-likeness (QED) is 0.532. The molecule has 0 fully saturated rings. The van der Waals surface area contributed by atoms with Crippen LogP contribution in [0.5, 0.6) is 11.5 Å². The van der Waals surface area contributed by atoms with Crippen LogP contribution < -0.4 is 4.74 Å². The van der Waals surface area contributed by atoms with E-state index in [-0.39, 0.29) is 11.5 Å². The number of carbonyl (C=O) groups excluding carboxylic acids is 1. The first-order valence-electron chi connectivity index (χ1n) is 7.29. The topological polar surface area (TPSA) is 59.7 Å². The molecule has 0 aliphatic carbocycles. The van der Waals surface area contributed by atoms with Gasteiger partial charge in [0.2, 0.25) is 0 Å². The highest BCUT2D eigenvalue weighted by atomic mass is 79.9. The minimum Gasteiger partial charge on any atom is -0.505 e. The number of carbonyl (C=O) groups is 1. The van der Waals surface area contributed by atoms with E-state index < -0.39 is 0 Å². The summed E-state index contributed by atoms with van der Waals surface area (Å²) in [5.74, 6) is 1.19. The van der Waals surface area contributed by atoms with Crippen molar-refractivity contribution in [3.8, 4) is 11.5 Å². The zero-order valence-electron chi connectivity index (χ0n) is 13.0. The number of methoxy groups -OCH3 is 1. The Labute approximate surface area is 155 Å². The Hall–Kier alpha value is -1.79. The molecule has 0 bridgehead atoms. The molecule has 2 aromatic carbocycles. The molecule has 1 heterocycles. The van der Waals surface area contributed by atoms with Gasteiger partial charge in [0, 0.05) is 17.4 Å². The van der Waals surface area contributed by atoms with Gasteiger partial charge >= 0.3 is 0 Å². The summed E-state index contributed by atoms with van der Waals surface area (Å²) in [6.07, 6.45) is 0.566. The SMILES string of the molecule is CCc1oc2c(Br)c(O)c(Br)cc2c1C(=O)c1ccc(OC)cc1. The summed E-state index contributed by atoms with van der Waals surface area (Å²) in [4.78, 5) is 13.0. The Morgan fingerprint density at radius 1 is 1.25 bits per heavy atom. The Balaban J connectivity index is 2.21. The van der Waals surface area contributed by atoms with Crippen LogP contribution in [0, 0.1) is 0 Å². The maximum Gasteiger partial charge on any atom is 0.197 e. The van der Waals surface area contributed by atoms with Crippen molar-refractivity contribution in [3.05, 3.63) is 56.2 Å². The van der Waals surface area contributed by atoms with Crippen molar-refractivity contribution >= 4 is 48.6 Å². The summed E-state index contributed by atoms with van der Waals surface area (Å²) in [6, 6.07) is 8.65. The van der Waals surface area contributed by atoms with Crippen LogP contribution in [0.3, 0.4) is 0 Å². The van der Waals surface area contributed by atoms with E-state index in [4.69, 9.17) is 9.15 Å². The molecule has 0 aliphatic rings. The molecule has 3 rings (SSSR count). The van der Waals surface area contributed by atoms with Gasteiger partial charge in [0.15, 0.2) is 11.4 Å². The molecule has 24 heavy (non-hydrogen) atoms. The van der Waals surface area contributed by atoms with Gasteiger partial charge in [0.1, 0.15) is 21.7 Å². The first kappa shape index (κ1) is 17.0. The lowest BCUT2D eigenvalue weighted by Gasteiger charge is -2.04. The van der Waals surface area contributed by atoms with Crippen molar-refractivity contribution in [3.63, 3.8) is 0 Å². The molecule has 0 atom stereocenters. The third-order valence-corrected chi connectivity index (χ3v) is 5.16. The number of aryl methyl sites for hydroxylation is 1. The number of hydrogen-bond donors (Lipinski definition) is 1. The number of ether oxygens (including phenoxy) is 1. The van der Waals surface area contributed by atoms with Crippen molar-refractivity contribution in [1.29, 1.82) is 0 Å². The van der Waals surface area contributed by atoms with E-state index in [9.17, 15) is 9.90 Å². The number of ketones is 1. The van der Waals surface area contributed by atoms with Gasteiger partial charge < -0.3 is 14.3 Å². The Kier molecular flexibility index (Phi) is 4.69. The van der Waals surface area contributed by atoms with E-state index in [0.717, 1.165) is 0 Å². The van der Waals surface area contributed by atoms with Crippen molar-refractivity contribution in [2.45, 2.75) is 13.3 Å². The van der Waals surface area contributed by atoms with Crippen LogP contribution in [0.15, 0.2) is 43.7 Å². The standard InChI is InChI=1S/C18H14Br2O4/c1-3-13-14(16(21)9-4-6-10(23-2)7-5-9)11-8-12(19)17(22)15(20)18(11)24-13/h4-8,22H,3H2,1-2H3. The first-order valence-corrected chi connectivity index (χ1v) is 8.87. The molecule has 0 saturated heterocycles. The minimum atomic E-state index is -0.127. The van der Waals surface area contributed by atoms with Crippen LogP contribution in [0.4, 0.5) is 0 Å². The van der Waals surface area contributed by atoms with Gasteiger partial charge in [-0.2, -0.15) is 0 Å². The van der Waals surface area contributed by atoms with Gasteiger partial charge in [-0.15, -0.1) is 0 Å². The van der Waals surface area contributed by atoms with E-state index in [1.807, 2.05) is 6.92 Å². The molecule has 0 unspecified atom stereocenters. The lowest BCUT2D eigenvalue weighted by molar-refractivity contribution is 0.103. The number of hydrogen-bond acceptors (Lipinski definition) is 4. The zero-order valence-corrected chi connectivity index (χ0v) is 16.2. The average molecular weight is 454 g/mol. The predicted molar refractivity (Wildman–Crippen MR) is 99.1 cm³/mol. The fourth-order valence-electron chi connectivity index (χ4n) is 2.59.